The average molecular weight is 743 g/mol. The molecule has 0 aliphatic carbocycles. The molecule has 3 aromatic carbocycles. The van der Waals surface area contributed by atoms with Crippen LogP contribution in [0.5, 0.6) is 11.5 Å². The summed E-state index contributed by atoms with van der Waals surface area (Å²) >= 11 is 0. The van der Waals surface area contributed by atoms with Gasteiger partial charge in [-0.2, -0.15) is 0 Å². The first-order chi connectivity index (χ1) is 19.7. The zero-order valence-electron chi connectivity index (χ0n) is 26.0. The molecule has 2 heterocycles. The van der Waals surface area contributed by atoms with E-state index in [1.807, 2.05) is 33.9 Å². The third-order valence-electron chi connectivity index (χ3n) is 8.22. The molecule has 4 nitrogen and oxygen atoms in total. The smallest absolute Gasteiger partial charge is 0.162 e. The molecule has 0 fully saturated rings. The molecule has 1 aliphatic rings. The van der Waals surface area contributed by atoms with Gasteiger partial charge in [-0.05, 0) is 68.0 Å². The molecule has 0 bridgehead atoms. The second-order valence-electron chi connectivity index (χ2n) is 11.5. The summed E-state index contributed by atoms with van der Waals surface area (Å²) in [5, 5.41) is 14.3. The predicted octanol–water partition coefficient (Wildman–Crippen LogP) is 10.3. The van der Waals surface area contributed by atoms with E-state index in [0.717, 1.165) is 71.2 Å². The van der Waals surface area contributed by atoms with Crippen molar-refractivity contribution in [2.75, 3.05) is 0 Å². The molecule has 0 atom stereocenters. The summed E-state index contributed by atoms with van der Waals surface area (Å²) in [4.78, 5) is 16.4. The van der Waals surface area contributed by atoms with Gasteiger partial charge in [0.25, 0.3) is 0 Å². The summed E-state index contributed by atoms with van der Waals surface area (Å²) in [5.41, 5.74) is 4.40. The molecular formula is C37H44IrNO3-. The van der Waals surface area contributed by atoms with Gasteiger partial charge in [0.15, 0.2) is 5.78 Å². The van der Waals surface area contributed by atoms with Crippen LogP contribution in [-0.4, -0.2) is 15.9 Å². The van der Waals surface area contributed by atoms with Crippen molar-refractivity contribution in [3.63, 3.8) is 0 Å². The number of fused-ring (bicyclic) bond motifs is 3. The second kappa shape index (κ2) is 14.9. The van der Waals surface area contributed by atoms with Gasteiger partial charge in [0, 0.05) is 55.3 Å². The number of benzene rings is 3. The van der Waals surface area contributed by atoms with Crippen LogP contribution in [0.3, 0.4) is 0 Å². The maximum Gasteiger partial charge on any atom is 0.162 e. The number of hydrogen-bond donors (Lipinski definition) is 1. The summed E-state index contributed by atoms with van der Waals surface area (Å²) in [7, 11) is 0. The van der Waals surface area contributed by atoms with E-state index in [0.29, 0.717) is 5.92 Å². The van der Waals surface area contributed by atoms with E-state index in [4.69, 9.17) is 9.72 Å². The number of ether oxygens (including phenoxy) is 1. The van der Waals surface area contributed by atoms with Crippen LogP contribution >= 0.6 is 0 Å². The summed E-state index contributed by atoms with van der Waals surface area (Å²) in [6.45, 7) is 14.7. The van der Waals surface area contributed by atoms with Crippen molar-refractivity contribution in [1.29, 1.82) is 0 Å². The molecular weight excluding hydrogens is 699 g/mol. The molecule has 1 aliphatic heterocycles. The third kappa shape index (κ3) is 7.13. The van der Waals surface area contributed by atoms with Crippen molar-refractivity contribution in [1.82, 2.24) is 4.98 Å². The average Bonchev–Trinajstić information content (AvgIpc) is 2.95. The number of nitrogens with zero attached hydrogens (tertiary/aromatic N) is 1. The van der Waals surface area contributed by atoms with E-state index >= 15 is 0 Å². The molecule has 5 rings (SSSR count). The molecule has 225 valence electrons. The Balaban J connectivity index is 0.000000263. The molecule has 0 saturated carbocycles. The van der Waals surface area contributed by atoms with Crippen molar-refractivity contribution in [2.45, 2.75) is 80.6 Å². The van der Waals surface area contributed by atoms with Gasteiger partial charge in [-0.3, -0.25) is 9.78 Å². The first kappa shape index (κ1) is 33.5. The Morgan fingerprint density at radius 2 is 1.67 bits per heavy atom. The van der Waals surface area contributed by atoms with Crippen molar-refractivity contribution in [3.05, 3.63) is 77.7 Å². The van der Waals surface area contributed by atoms with Crippen molar-refractivity contribution in [3.8, 4) is 22.8 Å². The van der Waals surface area contributed by atoms with Gasteiger partial charge in [0.1, 0.15) is 5.75 Å². The summed E-state index contributed by atoms with van der Waals surface area (Å²) in [6.07, 6.45) is 7.84. The maximum absolute atomic E-state index is 11.7. The monoisotopic (exact) mass is 743 g/mol. The molecule has 0 saturated heterocycles. The number of allylic oxidation sites excluding steroid dienone is 2. The van der Waals surface area contributed by atoms with Crippen LogP contribution in [0.25, 0.3) is 32.8 Å². The summed E-state index contributed by atoms with van der Waals surface area (Å²) in [5.74, 6) is 2.96. The van der Waals surface area contributed by atoms with Crippen LogP contribution in [0.2, 0.25) is 0 Å². The van der Waals surface area contributed by atoms with Crippen molar-refractivity contribution < 1.29 is 34.7 Å². The number of aryl methyl sites for hydroxylation is 1. The molecule has 1 radical (unpaired) electrons. The minimum Gasteiger partial charge on any atom is -0.512 e. The van der Waals surface area contributed by atoms with Crippen LogP contribution < -0.4 is 4.74 Å². The Morgan fingerprint density at radius 3 is 2.31 bits per heavy atom. The predicted molar refractivity (Wildman–Crippen MR) is 171 cm³/mol. The van der Waals surface area contributed by atoms with E-state index < -0.39 is 0 Å². The topological polar surface area (TPSA) is 59.4 Å². The molecule has 0 spiro atoms. The standard InChI is InChI=1S/C24H20NO.C13H24O2.Ir/c1-14(2)10-16-11-18-8-9-25-23-20-13-17-6-4-5-7-19(17)15(3)24(20)26-21(12-16)22(18)23;1-5-10(6-2)12(14)9-13(15)11(7-3)8-4;/h4-9,11-12,14H,10H2,1-3H3;9-11,14H,5-8H2,1-4H3;/q-1;;/b;12-9-;. The van der Waals surface area contributed by atoms with Crippen LogP contribution in [0.1, 0.15) is 78.4 Å². The Kier molecular flexibility index (Phi) is 11.9. The molecule has 4 aromatic rings. The first-order valence-corrected chi connectivity index (χ1v) is 15.2. The van der Waals surface area contributed by atoms with Crippen LogP contribution in [0.4, 0.5) is 0 Å². The number of aliphatic hydroxyl groups is 1. The molecule has 42 heavy (non-hydrogen) atoms. The summed E-state index contributed by atoms with van der Waals surface area (Å²) < 4.78 is 6.44. The second-order valence-corrected chi connectivity index (χ2v) is 11.5. The van der Waals surface area contributed by atoms with Crippen LogP contribution in [0, 0.1) is 30.7 Å². The molecule has 0 unspecified atom stereocenters. The van der Waals surface area contributed by atoms with E-state index in [1.165, 1.54) is 22.4 Å². The van der Waals surface area contributed by atoms with Crippen LogP contribution in [-0.2, 0) is 31.3 Å². The van der Waals surface area contributed by atoms with Gasteiger partial charge < -0.3 is 9.84 Å². The van der Waals surface area contributed by atoms with E-state index in [2.05, 4.69) is 69.3 Å². The summed E-state index contributed by atoms with van der Waals surface area (Å²) in [6, 6.07) is 18.4. The van der Waals surface area contributed by atoms with Gasteiger partial charge in [-0.25, -0.2) is 0 Å². The molecule has 5 heteroatoms. The third-order valence-corrected chi connectivity index (χ3v) is 8.22. The Bertz CT molecular complexity index is 1560. The zero-order chi connectivity index (χ0) is 29.7. The SMILES string of the molecule is CCC(CC)C(=O)/C=C(\O)C(CC)CC.Cc1c2c([c-]c3ccccc13)-c1nccc3cc(CC(C)C)cc(c13)O2.[Ir]. The van der Waals surface area contributed by atoms with E-state index in [1.54, 1.807) is 0 Å². The fraction of sp³-hybridized carbons (Fsp3) is 0.405. The van der Waals surface area contributed by atoms with E-state index in [-0.39, 0.29) is 43.5 Å². The van der Waals surface area contributed by atoms with Crippen molar-refractivity contribution in [2.24, 2.45) is 17.8 Å². The Morgan fingerprint density at radius 1 is 1.00 bits per heavy atom. The zero-order valence-corrected chi connectivity index (χ0v) is 28.4. The minimum absolute atomic E-state index is 0. The van der Waals surface area contributed by atoms with Gasteiger partial charge in [0.05, 0.1) is 11.5 Å². The number of ketones is 1. The number of aromatic nitrogens is 1. The number of pyridine rings is 1. The largest absolute Gasteiger partial charge is 0.512 e. The van der Waals surface area contributed by atoms with Gasteiger partial charge in [0.2, 0.25) is 0 Å². The van der Waals surface area contributed by atoms with Crippen molar-refractivity contribution >= 4 is 27.3 Å². The fourth-order valence-corrected chi connectivity index (χ4v) is 5.80. The number of carbonyl (C=O) groups excluding carboxylic acids is 1. The fourth-order valence-electron chi connectivity index (χ4n) is 5.80. The number of rotatable bonds is 9. The minimum atomic E-state index is 0. The Labute approximate surface area is 264 Å². The number of carbonyl (C=O) groups is 1. The number of hydrogen-bond acceptors (Lipinski definition) is 4. The van der Waals surface area contributed by atoms with Crippen LogP contribution in [0.15, 0.2) is 60.5 Å². The van der Waals surface area contributed by atoms with Gasteiger partial charge >= 0.3 is 0 Å². The maximum atomic E-state index is 11.7. The van der Waals surface area contributed by atoms with E-state index in [9.17, 15) is 9.90 Å². The number of aliphatic hydroxyl groups excluding tert-OH is 1. The normalized spacial score (nSPS) is 12.2. The molecule has 1 aromatic heterocycles. The quantitative estimate of drug-likeness (QED) is 0.0928. The van der Waals surface area contributed by atoms with Gasteiger partial charge in [-0.1, -0.05) is 82.3 Å². The molecule has 1 N–H and O–H groups in total. The first-order valence-electron chi connectivity index (χ1n) is 15.2. The molecule has 0 amide bonds. The Hall–Kier alpha value is -3.01. The van der Waals surface area contributed by atoms with Gasteiger partial charge in [-0.15, -0.1) is 17.5 Å².